The van der Waals surface area contributed by atoms with Crippen LogP contribution in [0.3, 0.4) is 0 Å². The molecule has 0 bridgehead atoms. The van der Waals surface area contributed by atoms with Gasteiger partial charge >= 0.3 is 0 Å². The molecule has 1 aliphatic heterocycles. The van der Waals surface area contributed by atoms with Gasteiger partial charge < -0.3 is 4.74 Å². The zero-order valence-electron chi connectivity index (χ0n) is 10.2. The smallest absolute Gasteiger partial charge is 0.162 e. The SMILES string of the molecule is CCC1=CC(=O)CC(CCc2ccccc2)O1. The predicted molar refractivity (Wildman–Crippen MR) is 67.6 cm³/mol. The molecule has 2 heteroatoms. The molecule has 0 aliphatic carbocycles. The summed E-state index contributed by atoms with van der Waals surface area (Å²) in [7, 11) is 0. The van der Waals surface area contributed by atoms with Crippen LogP contribution in [0.5, 0.6) is 0 Å². The van der Waals surface area contributed by atoms with Crippen molar-refractivity contribution in [3.05, 3.63) is 47.7 Å². The van der Waals surface area contributed by atoms with Gasteiger partial charge in [0, 0.05) is 18.9 Å². The summed E-state index contributed by atoms with van der Waals surface area (Å²) in [5.41, 5.74) is 1.30. The minimum Gasteiger partial charge on any atom is -0.494 e. The first-order valence-electron chi connectivity index (χ1n) is 6.22. The monoisotopic (exact) mass is 230 g/mol. The summed E-state index contributed by atoms with van der Waals surface area (Å²) in [4.78, 5) is 11.5. The molecule has 90 valence electrons. The number of hydrogen-bond donors (Lipinski definition) is 0. The average molecular weight is 230 g/mol. The molecule has 17 heavy (non-hydrogen) atoms. The first-order chi connectivity index (χ1) is 8.28. The maximum absolute atomic E-state index is 11.5. The second-order valence-corrected chi connectivity index (χ2v) is 4.40. The minimum atomic E-state index is 0.0580. The molecule has 1 heterocycles. The van der Waals surface area contributed by atoms with Crippen molar-refractivity contribution in [2.24, 2.45) is 0 Å². The van der Waals surface area contributed by atoms with Crippen LogP contribution >= 0.6 is 0 Å². The molecule has 1 atom stereocenters. The van der Waals surface area contributed by atoms with Gasteiger partial charge in [0.1, 0.15) is 6.10 Å². The van der Waals surface area contributed by atoms with Gasteiger partial charge in [-0.1, -0.05) is 37.3 Å². The number of rotatable bonds is 4. The summed E-state index contributed by atoms with van der Waals surface area (Å²) < 4.78 is 5.77. The number of carbonyl (C=O) groups excluding carboxylic acids is 1. The summed E-state index contributed by atoms with van der Waals surface area (Å²) in [5, 5.41) is 0. The molecular formula is C15H18O2. The van der Waals surface area contributed by atoms with Gasteiger partial charge in [-0.25, -0.2) is 0 Å². The zero-order valence-corrected chi connectivity index (χ0v) is 10.2. The van der Waals surface area contributed by atoms with E-state index in [1.54, 1.807) is 6.08 Å². The summed E-state index contributed by atoms with van der Waals surface area (Å²) in [6, 6.07) is 10.3. The maximum atomic E-state index is 11.5. The fourth-order valence-corrected chi connectivity index (χ4v) is 2.07. The first-order valence-corrected chi connectivity index (χ1v) is 6.22. The van der Waals surface area contributed by atoms with Crippen molar-refractivity contribution in [3.63, 3.8) is 0 Å². The van der Waals surface area contributed by atoms with Crippen LogP contribution in [0.15, 0.2) is 42.2 Å². The van der Waals surface area contributed by atoms with Crippen molar-refractivity contribution in [2.45, 2.75) is 38.7 Å². The highest BCUT2D eigenvalue weighted by Gasteiger charge is 2.20. The maximum Gasteiger partial charge on any atom is 0.162 e. The molecule has 0 amide bonds. The van der Waals surface area contributed by atoms with Crippen LogP contribution < -0.4 is 0 Å². The van der Waals surface area contributed by atoms with Crippen molar-refractivity contribution in [2.75, 3.05) is 0 Å². The van der Waals surface area contributed by atoms with E-state index in [1.807, 2.05) is 25.1 Å². The van der Waals surface area contributed by atoms with E-state index in [0.29, 0.717) is 6.42 Å². The highest BCUT2D eigenvalue weighted by Crippen LogP contribution is 2.20. The van der Waals surface area contributed by atoms with E-state index in [-0.39, 0.29) is 11.9 Å². The molecule has 0 fully saturated rings. The quantitative estimate of drug-likeness (QED) is 0.793. The van der Waals surface area contributed by atoms with Gasteiger partial charge in [0.2, 0.25) is 0 Å². The van der Waals surface area contributed by atoms with Crippen LogP contribution in [-0.2, 0) is 16.0 Å². The van der Waals surface area contributed by atoms with Crippen molar-refractivity contribution in [1.82, 2.24) is 0 Å². The van der Waals surface area contributed by atoms with Crippen LogP contribution in [0.25, 0.3) is 0 Å². The fourth-order valence-electron chi connectivity index (χ4n) is 2.07. The molecule has 0 saturated heterocycles. The van der Waals surface area contributed by atoms with E-state index in [9.17, 15) is 4.79 Å². The Labute approximate surface area is 102 Å². The Bertz CT molecular complexity index is 406. The molecule has 0 radical (unpaired) electrons. The molecule has 1 unspecified atom stereocenters. The van der Waals surface area contributed by atoms with Crippen LogP contribution in [0, 0.1) is 0 Å². The average Bonchev–Trinajstić information content (AvgIpc) is 2.37. The second-order valence-electron chi connectivity index (χ2n) is 4.40. The Morgan fingerprint density at radius 3 is 2.76 bits per heavy atom. The van der Waals surface area contributed by atoms with Crippen LogP contribution in [0.4, 0.5) is 0 Å². The van der Waals surface area contributed by atoms with Crippen LogP contribution in [-0.4, -0.2) is 11.9 Å². The van der Waals surface area contributed by atoms with E-state index in [0.717, 1.165) is 25.0 Å². The Hall–Kier alpha value is -1.57. The topological polar surface area (TPSA) is 26.3 Å². The summed E-state index contributed by atoms with van der Waals surface area (Å²) in [6.07, 6.45) is 4.90. The van der Waals surface area contributed by atoms with Gasteiger partial charge in [0.25, 0.3) is 0 Å². The van der Waals surface area contributed by atoms with E-state index in [2.05, 4.69) is 12.1 Å². The van der Waals surface area contributed by atoms with Gasteiger partial charge in [-0.15, -0.1) is 0 Å². The lowest BCUT2D eigenvalue weighted by atomic mass is 10.0. The molecule has 1 aromatic rings. The number of allylic oxidation sites excluding steroid dienone is 2. The van der Waals surface area contributed by atoms with Crippen LogP contribution in [0.2, 0.25) is 0 Å². The zero-order chi connectivity index (χ0) is 12.1. The van der Waals surface area contributed by atoms with Gasteiger partial charge in [-0.3, -0.25) is 4.79 Å². The van der Waals surface area contributed by atoms with Gasteiger partial charge in [0.15, 0.2) is 5.78 Å². The number of benzene rings is 1. The summed E-state index contributed by atoms with van der Waals surface area (Å²) >= 11 is 0. The number of aryl methyl sites for hydroxylation is 1. The summed E-state index contributed by atoms with van der Waals surface area (Å²) in [6.45, 7) is 2.01. The lowest BCUT2D eigenvalue weighted by molar-refractivity contribution is -0.118. The third-order valence-corrected chi connectivity index (χ3v) is 3.02. The lowest BCUT2D eigenvalue weighted by Gasteiger charge is -2.23. The predicted octanol–water partition coefficient (Wildman–Crippen LogP) is 3.27. The normalized spacial score (nSPS) is 19.7. The van der Waals surface area contributed by atoms with Crippen molar-refractivity contribution in [1.29, 1.82) is 0 Å². The second kappa shape index (κ2) is 5.67. The van der Waals surface area contributed by atoms with E-state index in [4.69, 9.17) is 4.74 Å². The Kier molecular flexibility index (Phi) is 3.97. The molecule has 1 aliphatic rings. The highest BCUT2D eigenvalue weighted by molar-refractivity contribution is 5.91. The van der Waals surface area contributed by atoms with Gasteiger partial charge in [-0.2, -0.15) is 0 Å². The Morgan fingerprint density at radius 1 is 1.29 bits per heavy atom. The number of ketones is 1. The molecule has 0 N–H and O–H groups in total. The molecular weight excluding hydrogens is 212 g/mol. The molecule has 0 spiro atoms. The molecule has 0 saturated carbocycles. The molecule has 2 rings (SSSR count). The third kappa shape index (κ3) is 3.45. The van der Waals surface area contributed by atoms with Crippen LogP contribution in [0.1, 0.15) is 31.7 Å². The highest BCUT2D eigenvalue weighted by atomic mass is 16.5. The van der Waals surface area contributed by atoms with E-state index >= 15 is 0 Å². The van der Waals surface area contributed by atoms with Gasteiger partial charge in [-0.05, 0) is 18.4 Å². The standard InChI is InChI=1S/C15H18O2/c1-2-14-10-13(16)11-15(17-14)9-8-12-6-4-3-5-7-12/h3-7,10,15H,2,8-9,11H2,1H3. The molecule has 1 aromatic carbocycles. The molecule has 0 aromatic heterocycles. The van der Waals surface area contributed by atoms with E-state index < -0.39 is 0 Å². The number of ether oxygens (including phenoxy) is 1. The lowest BCUT2D eigenvalue weighted by Crippen LogP contribution is -2.22. The summed E-state index contributed by atoms with van der Waals surface area (Å²) in [5.74, 6) is 1.03. The van der Waals surface area contributed by atoms with Crippen molar-refractivity contribution in [3.8, 4) is 0 Å². The van der Waals surface area contributed by atoms with Gasteiger partial charge in [0.05, 0.1) is 5.76 Å². The number of hydrogen-bond acceptors (Lipinski definition) is 2. The third-order valence-electron chi connectivity index (χ3n) is 3.02. The van der Waals surface area contributed by atoms with Crippen molar-refractivity contribution < 1.29 is 9.53 Å². The first kappa shape index (κ1) is 11.9. The molecule has 2 nitrogen and oxygen atoms in total. The Balaban J connectivity index is 1.88. The Morgan fingerprint density at radius 2 is 2.06 bits per heavy atom. The largest absolute Gasteiger partial charge is 0.494 e. The number of carbonyl (C=O) groups is 1. The fraction of sp³-hybridized carbons (Fsp3) is 0.400. The van der Waals surface area contributed by atoms with E-state index in [1.165, 1.54) is 5.56 Å². The van der Waals surface area contributed by atoms with Crippen molar-refractivity contribution >= 4 is 5.78 Å². The minimum absolute atomic E-state index is 0.0580.